The van der Waals surface area contributed by atoms with E-state index in [-0.39, 0.29) is 12.3 Å². The fourth-order valence-corrected chi connectivity index (χ4v) is 2.58. The Kier molecular flexibility index (Phi) is 3.43. The van der Waals surface area contributed by atoms with Crippen LogP contribution in [0.2, 0.25) is 0 Å². The van der Waals surface area contributed by atoms with Gasteiger partial charge < -0.3 is 10.1 Å². The third kappa shape index (κ3) is 2.40. The molecule has 20 heavy (non-hydrogen) atoms. The lowest BCUT2D eigenvalue weighted by molar-refractivity contribution is -0.117. The van der Waals surface area contributed by atoms with Gasteiger partial charge in [-0.2, -0.15) is 0 Å². The van der Waals surface area contributed by atoms with Crippen molar-refractivity contribution >= 4 is 34.1 Å². The lowest BCUT2D eigenvalue weighted by Gasteiger charge is -2.03. The maximum Gasteiger partial charge on any atom is 0.223 e. The fourth-order valence-electron chi connectivity index (χ4n) is 2.22. The molecule has 0 atom stereocenters. The number of fused-ring (bicyclic) bond motifs is 1. The van der Waals surface area contributed by atoms with E-state index < -0.39 is 0 Å². The van der Waals surface area contributed by atoms with Gasteiger partial charge in [0.15, 0.2) is 0 Å². The zero-order chi connectivity index (χ0) is 14.1. The van der Waals surface area contributed by atoms with Crippen molar-refractivity contribution in [1.82, 2.24) is 9.38 Å². The average molecular weight is 377 g/mol. The minimum absolute atomic E-state index is 0.173. The van der Waals surface area contributed by atoms with Gasteiger partial charge in [0.25, 0.3) is 0 Å². The topological polar surface area (TPSA) is 60.4 Å². The SMILES string of the molecule is NC(=O)Cc1c(-c2ccc(I)cc2)nc2ccccn12. The number of hydrogen-bond acceptors (Lipinski definition) is 2. The van der Waals surface area contributed by atoms with Crippen molar-refractivity contribution in [3.63, 3.8) is 0 Å². The predicted octanol–water partition coefficient (Wildman–Crippen LogP) is 2.63. The van der Waals surface area contributed by atoms with E-state index in [2.05, 4.69) is 27.6 Å². The first kappa shape index (κ1) is 13.1. The van der Waals surface area contributed by atoms with Crippen LogP contribution in [0.1, 0.15) is 5.69 Å². The molecular weight excluding hydrogens is 365 g/mol. The van der Waals surface area contributed by atoms with Crippen molar-refractivity contribution in [2.45, 2.75) is 6.42 Å². The molecule has 4 nitrogen and oxygen atoms in total. The molecule has 3 aromatic rings. The van der Waals surface area contributed by atoms with E-state index in [9.17, 15) is 4.79 Å². The van der Waals surface area contributed by atoms with Gasteiger partial charge in [-0.05, 0) is 46.9 Å². The summed E-state index contributed by atoms with van der Waals surface area (Å²) in [6.45, 7) is 0. The molecule has 100 valence electrons. The monoisotopic (exact) mass is 377 g/mol. The molecule has 2 N–H and O–H groups in total. The van der Waals surface area contributed by atoms with E-state index in [1.807, 2.05) is 53.1 Å². The highest BCUT2D eigenvalue weighted by molar-refractivity contribution is 14.1. The van der Waals surface area contributed by atoms with Crippen LogP contribution in [-0.4, -0.2) is 15.3 Å². The Morgan fingerprint density at radius 1 is 1.20 bits per heavy atom. The van der Waals surface area contributed by atoms with Crippen molar-refractivity contribution in [1.29, 1.82) is 0 Å². The summed E-state index contributed by atoms with van der Waals surface area (Å²) in [5.41, 5.74) is 8.81. The Bertz CT molecular complexity index is 777. The van der Waals surface area contributed by atoms with Gasteiger partial charge in [-0.3, -0.25) is 4.79 Å². The molecular formula is C15H12IN3O. The number of rotatable bonds is 3. The quantitative estimate of drug-likeness (QED) is 0.714. The first-order valence-electron chi connectivity index (χ1n) is 6.15. The van der Waals surface area contributed by atoms with Crippen LogP contribution in [-0.2, 0) is 11.2 Å². The molecule has 3 rings (SSSR count). The number of hydrogen-bond donors (Lipinski definition) is 1. The first-order chi connectivity index (χ1) is 9.65. The first-order valence-corrected chi connectivity index (χ1v) is 7.23. The van der Waals surface area contributed by atoms with Gasteiger partial charge in [-0.25, -0.2) is 4.98 Å². The second-order valence-corrected chi connectivity index (χ2v) is 5.73. The van der Waals surface area contributed by atoms with Crippen LogP contribution in [0.3, 0.4) is 0 Å². The highest BCUT2D eigenvalue weighted by atomic mass is 127. The standard InChI is InChI=1S/C15H12IN3O/c16-11-6-4-10(5-7-11)15-12(9-13(17)20)19-8-2-1-3-14(19)18-15/h1-8H,9H2,(H2,17,20). The summed E-state index contributed by atoms with van der Waals surface area (Å²) in [4.78, 5) is 15.9. The van der Waals surface area contributed by atoms with E-state index in [1.54, 1.807) is 0 Å². The normalized spacial score (nSPS) is 10.8. The number of imidazole rings is 1. The van der Waals surface area contributed by atoms with Crippen LogP contribution in [0.4, 0.5) is 0 Å². The summed E-state index contributed by atoms with van der Waals surface area (Å²) in [6, 6.07) is 13.8. The van der Waals surface area contributed by atoms with Gasteiger partial charge in [0.05, 0.1) is 17.8 Å². The molecule has 0 aliphatic rings. The highest BCUT2D eigenvalue weighted by Crippen LogP contribution is 2.25. The number of nitrogens with zero attached hydrogens (tertiary/aromatic N) is 2. The van der Waals surface area contributed by atoms with E-state index >= 15 is 0 Å². The molecule has 0 unspecified atom stereocenters. The zero-order valence-corrected chi connectivity index (χ0v) is 12.7. The summed E-state index contributed by atoms with van der Waals surface area (Å²) in [7, 11) is 0. The number of benzene rings is 1. The molecule has 0 spiro atoms. The molecule has 5 heteroatoms. The third-order valence-corrected chi connectivity index (χ3v) is 3.81. The van der Waals surface area contributed by atoms with Crippen LogP contribution in [0.5, 0.6) is 0 Å². The maximum atomic E-state index is 11.3. The second-order valence-electron chi connectivity index (χ2n) is 4.49. The van der Waals surface area contributed by atoms with E-state index in [4.69, 9.17) is 5.73 Å². The van der Waals surface area contributed by atoms with Crippen molar-refractivity contribution in [3.05, 3.63) is 57.9 Å². The Balaban J connectivity index is 2.23. The molecule has 0 aliphatic heterocycles. The van der Waals surface area contributed by atoms with Gasteiger partial charge in [0, 0.05) is 15.3 Å². The Hall–Kier alpha value is -1.89. The molecule has 0 saturated carbocycles. The molecule has 1 aromatic carbocycles. The minimum Gasteiger partial charge on any atom is -0.369 e. The van der Waals surface area contributed by atoms with Crippen LogP contribution in [0.15, 0.2) is 48.7 Å². The summed E-state index contributed by atoms with van der Waals surface area (Å²) >= 11 is 2.26. The number of aromatic nitrogens is 2. The lowest BCUT2D eigenvalue weighted by Crippen LogP contribution is -2.15. The van der Waals surface area contributed by atoms with Crippen molar-refractivity contribution in [2.75, 3.05) is 0 Å². The molecule has 1 amide bonds. The van der Waals surface area contributed by atoms with Crippen LogP contribution < -0.4 is 5.73 Å². The van der Waals surface area contributed by atoms with Gasteiger partial charge in [0.1, 0.15) is 5.65 Å². The molecule has 0 aliphatic carbocycles. The molecule has 0 saturated heterocycles. The fraction of sp³-hybridized carbons (Fsp3) is 0.0667. The molecule has 2 heterocycles. The Morgan fingerprint density at radius 2 is 1.95 bits per heavy atom. The number of halogens is 1. The van der Waals surface area contributed by atoms with E-state index in [0.717, 1.165) is 26.2 Å². The van der Waals surface area contributed by atoms with Crippen molar-refractivity contribution < 1.29 is 4.79 Å². The van der Waals surface area contributed by atoms with Crippen LogP contribution in [0, 0.1) is 3.57 Å². The number of carbonyl (C=O) groups excluding carboxylic acids is 1. The largest absolute Gasteiger partial charge is 0.369 e. The Morgan fingerprint density at radius 3 is 2.65 bits per heavy atom. The molecule has 0 fully saturated rings. The lowest BCUT2D eigenvalue weighted by atomic mass is 10.1. The number of carbonyl (C=O) groups is 1. The van der Waals surface area contributed by atoms with Gasteiger partial charge in [-0.15, -0.1) is 0 Å². The van der Waals surface area contributed by atoms with Gasteiger partial charge in [-0.1, -0.05) is 18.2 Å². The summed E-state index contributed by atoms with van der Waals surface area (Å²) in [5, 5.41) is 0. The number of pyridine rings is 1. The third-order valence-electron chi connectivity index (χ3n) is 3.09. The number of nitrogens with two attached hydrogens (primary N) is 1. The molecule has 0 bridgehead atoms. The maximum absolute atomic E-state index is 11.3. The smallest absolute Gasteiger partial charge is 0.223 e. The van der Waals surface area contributed by atoms with Gasteiger partial charge in [0.2, 0.25) is 5.91 Å². The van der Waals surface area contributed by atoms with E-state index in [0.29, 0.717) is 0 Å². The second kappa shape index (κ2) is 5.24. The Labute approximate surface area is 129 Å². The summed E-state index contributed by atoms with van der Waals surface area (Å²) in [5.74, 6) is -0.359. The number of amides is 1. The van der Waals surface area contributed by atoms with Crippen LogP contribution in [0.25, 0.3) is 16.9 Å². The van der Waals surface area contributed by atoms with Crippen LogP contribution >= 0.6 is 22.6 Å². The van der Waals surface area contributed by atoms with Crippen molar-refractivity contribution in [2.24, 2.45) is 5.73 Å². The molecule has 0 radical (unpaired) electrons. The average Bonchev–Trinajstić information content (AvgIpc) is 2.78. The summed E-state index contributed by atoms with van der Waals surface area (Å²) < 4.78 is 3.07. The predicted molar refractivity (Wildman–Crippen MR) is 86.2 cm³/mol. The minimum atomic E-state index is -0.359. The highest BCUT2D eigenvalue weighted by Gasteiger charge is 2.15. The van der Waals surface area contributed by atoms with Crippen molar-refractivity contribution in [3.8, 4) is 11.3 Å². The zero-order valence-electron chi connectivity index (χ0n) is 10.6. The van der Waals surface area contributed by atoms with Gasteiger partial charge >= 0.3 is 0 Å². The molecule has 2 aromatic heterocycles. The number of primary amides is 1. The van der Waals surface area contributed by atoms with E-state index in [1.165, 1.54) is 0 Å². The summed E-state index contributed by atoms with van der Waals surface area (Å²) in [6.07, 6.45) is 2.07.